The minimum atomic E-state index is -1.42. The van der Waals surface area contributed by atoms with E-state index in [-0.39, 0.29) is 29.0 Å². The highest BCUT2D eigenvalue weighted by Gasteiger charge is 2.83. The molecule has 5 nitrogen and oxygen atoms in total. The van der Waals surface area contributed by atoms with E-state index >= 15 is 0 Å². The third kappa shape index (κ3) is 2.23. The summed E-state index contributed by atoms with van der Waals surface area (Å²) in [4.78, 5) is 13.6. The van der Waals surface area contributed by atoms with Gasteiger partial charge in [0.1, 0.15) is 17.3 Å². The molecule has 0 aromatic carbocycles. The van der Waals surface area contributed by atoms with Crippen LogP contribution >= 0.6 is 0 Å². The molecule has 0 amide bonds. The summed E-state index contributed by atoms with van der Waals surface area (Å²) in [5.74, 6) is -1.52. The highest BCUT2D eigenvalue weighted by Crippen LogP contribution is 2.74. The lowest BCUT2D eigenvalue weighted by molar-refractivity contribution is -0.447. The third-order valence-electron chi connectivity index (χ3n) is 8.86. The summed E-state index contributed by atoms with van der Waals surface area (Å²) in [6.07, 6.45) is 5.72. The maximum atomic E-state index is 13.6. The lowest BCUT2D eigenvalue weighted by Crippen LogP contribution is -2.85. The van der Waals surface area contributed by atoms with E-state index in [0.29, 0.717) is 6.61 Å². The normalized spacial score (nSPS) is 50.0. The van der Waals surface area contributed by atoms with Crippen molar-refractivity contribution < 1.29 is 24.1 Å². The maximum absolute atomic E-state index is 13.6. The highest BCUT2D eigenvalue weighted by atomic mass is 16.7. The van der Waals surface area contributed by atoms with Crippen LogP contribution in [0.2, 0.25) is 0 Å². The number of ketones is 1. The van der Waals surface area contributed by atoms with Gasteiger partial charge in [0.05, 0.1) is 12.7 Å². The van der Waals surface area contributed by atoms with Crippen LogP contribution in [0.5, 0.6) is 0 Å². The molecule has 0 radical (unpaired) electrons. The largest absolute Gasteiger partial charge is 0.387 e. The zero-order valence-electron chi connectivity index (χ0n) is 18.7. The second kappa shape index (κ2) is 6.49. The summed E-state index contributed by atoms with van der Waals surface area (Å²) in [7, 11) is 3.22. The fourth-order valence-corrected chi connectivity index (χ4v) is 8.00. The molecule has 1 N–H and O–H groups in total. The number of rotatable bonds is 4. The lowest BCUT2D eigenvalue weighted by Gasteiger charge is -2.75. The van der Waals surface area contributed by atoms with E-state index in [1.807, 2.05) is 6.92 Å². The molecule has 5 rings (SSSR count). The van der Waals surface area contributed by atoms with Crippen molar-refractivity contribution >= 4 is 5.78 Å². The quantitative estimate of drug-likeness (QED) is 0.727. The van der Waals surface area contributed by atoms with Crippen molar-refractivity contribution in [3.05, 3.63) is 24.3 Å². The molecule has 162 valence electrons. The first-order valence-electron chi connectivity index (χ1n) is 10.8. The fraction of sp³-hybridized carbons (Fsp3) is 0.792. The summed E-state index contributed by atoms with van der Waals surface area (Å²) < 4.78 is 18.6. The van der Waals surface area contributed by atoms with Crippen LogP contribution in [0.1, 0.15) is 47.0 Å². The molecular weight excluding hydrogens is 368 g/mol. The van der Waals surface area contributed by atoms with Gasteiger partial charge in [-0.2, -0.15) is 0 Å². The maximum Gasteiger partial charge on any atom is 0.210 e. The average Bonchev–Trinajstić information content (AvgIpc) is 2.66. The van der Waals surface area contributed by atoms with Crippen molar-refractivity contribution in [2.45, 2.75) is 65.0 Å². The second-order valence-electron chi connectivity index (χ2n) is 10.5. The molecule has 0 aromatic heterocycles. The number of fused-ring (bicyclic) bond motifs is 1. The van der Waals surface area contributed by atoms with E-state index in [2.05, 4.69) is 32.6 Å². The van der Waals surface area contributed by atoms with Crippen molar-refractivity contribution in [2.24, 2.45) is 34.0 Å². The molecule has 5 heteroatoms. The number of allylic oxidation sites excluding steroid dienone is 1. The van der Waals surface area contributed by atoms with E-state index in [0.717, 1.165) is 24.8 Å². The number of carbonyl (C=O) groups excluding carboxylic acids is 1. The van der Waals surface area contributed by atoms with Gasteiger partial charge in [-0.1, -0.05) is 38.2 Å². The highest BCUT2D eigenvalue weighted by molar-refractivity contribution is 5.86. The topological polar surface area (TPSA) is 65.0 Å². The molecule has 2 heterocycles. The molecule has 3 aliphatic carbocycles. The van der Waals surface area contributed by atoms with Crippen molar-refractivity contribution in [2.75, 3.05) is 20.8 Å². The van der Waals surface area contributed by atoms with Gasteiger partial charge in [-0.25, -0.2) is 0 Å². The Kier molecular flexibility index (Phi) is 4.75. The van der Waals surface area contributed by atoms with Crippen molar-refractivity contribution in [3.8, 4) is 0 Å². The molecular formula is C24H36O5. The SMILES string of the molecule is C=C(C)[C@@H]1CC[C@H]2[C@]34C=CCC(C)(C)[C@H]3[C@H](O)[C@](OC)(OC4)[C@@]2(C(C)=O)[C@@H]1OC. The molecule has 0 unspecified atom stereocenters. The van der Waals surface area contributed by atoms with Gasteiger partial charge < -0.3 is 19.3 Å². The van der Waals surface area contributed by atoms with Gasteiger partial charge >= 0.3 is 0 Å². The Morgan fingerprint density at radius 2 is 1.93 bits per heavy atom. The zero-order valence-corrected chi connectivity index (χ0v) is 18.7. The van der Waals surface area contributed by atoms with E-state index in [4.69, 9.17) is 14.2 Å². The van der Waals surface area contributed by atoms with Crippen LogP contribution < -0.4 is 0 Å². The van der Waals surface area contributed by atoms with Gasteiger partial charge in [0.15, 0.2) is 0 Å². The standard InChI is InChI=1S/C24H36O5/c1-14(2)16-9-10-17-22-12-8-11-21(4,5)18(22)19(26)24(28-7,29-13-22)23(17,15(3)25)20(16)27-6/h8,12,16-20,26H,1,9-11,13H2,2-7H3/t16-,17-,18+,19-,20+,22+,23+,24-/m0/s1. The molecule has 0 aromatic rings. The minimum absolute atomic E-state index is 0.0118. The van der Waals surface area contributed by atoms with Crippen LogP contribution in [-0.4, -0.2) is 49.7 Å². The van der Waals surface area contributed by atoms with Crippen molar-refractivity contribution in [1.29, 1.82) is 0 Å². The third-order valence-corrected chi connectivity index (χ3v) is 8.86. The van der Waals surface area contributed by atoms with Crippen LogP contribution in [0.25, 0.3) is 0 Å². The van der Waals surface area contributed by atoms with E-state index in [1.165, 1.54) is 0 Å². The fourth-order valence-electron chi connectivity index (χ4n) is 8.00. The Morgan fingerprint density at radius 3 is 2.48 bits per heavy atom. The molecule has 4 fully saturated rings. The molecule has 2 saturated carbocycles. The van der Waals surface area contributed by atoms with Crippen LogP contribution in [-0.2, 0) is 19.0 Å². The molecule has 8 atom stereocenters. The number of ether oxygens (including phenoxy) is 3. The van der Waals surface area contributed by atoms with Crippen LogP contribution in [0.3, 0.4) is 0 Å². The minimum Gasteiger partial charge on any atom is -0.387 e. The number of hydrogen-bond acceptors (Lipinski definition) is 5. The smallest absolute Gasteiger partial charge is 0.210 e. The summed E-state index contributed by atoms with van der Waals surface area (Å²) in [5, 5.41) is 11.9. The Labute approximate surface area is 174 Å². The predicted octanol–water partition coefficient (Wildman–Crippen LogP) is 3.52. The summed E-state index contributed by atoms with van der Waals surface area (Å²) in [5.41, 5.74) is -0.640. The first-order chi connectivity index (χ1) is 13.6. The van der Waals surface area contributed by atoms with Gasteiger partial charge in [0, 0.05) is 31.5 Å². The molecule has 29 heavy (non-hydrogen) atoms. The Hall–Kier alpha value is -1.01. The number of methoxy groups -OCH3 is 2. The molecule has 5 aliphatic rings. The van der Waals surface area contributed by atoms with Crippen molar-refractivity contribution in [3.63, 3.8) is 0 Å². The zero-order chi connectivity index (χ0) is 21.4. The molecule has 2 aliphatic heterocycles. The van der Waals surface area contributed by atoms with Crippen LogP contribution in [0, 0.1) is 34.0 Å². The van der Waals surface area contributed by atoms with E-state index in [9.17, 15) is 9.90 Å². The summed E-state index contributed by atoms with van der Waals surface area (Å²) in [6.45, 7) is 12.7. The van der Waals surface area contributed by atoms with Gasteiger partial charge in [-0.05, 0) is 44.4 Å². The van der Waals surface area contributed by atoms with Crippen molar-refractivity contribution in [1.82, 2.24) is 0 Å². The van der Waals surface area contributed by atoms with Gasteiger partial charge in [0.25, 0.3) is 0 Å². The van der Waals surface area contributed by atoms with Gasteiger partial charge in [0.2, 0.25) is 5.79 Å². The molecule has 2 bridgehead atoms. The second-order valence-corrected chi connectivity index (χ2v) is 10.5. The Bertz CT molecular complexity index is 756. The predicted molar refractivity (Wildman–Crippen MR) is 110 cm³/mol. The Balaban J connectivity index is 2.04. The number of hydrogen-bond donors (Lipinski definition) is 1. The summed E-state index contributed by atoms with van der Waals surface area (Å²) >= 11 is 0. The Morgan fingerprint density at radius 1 is 1.24 bits per heavy atom. The van der Waals surface area contributed by atoms with E-state index in [1.54, 1.807) is 21.1 Å². The molecule has 1 spiro atoms. The van der Waals surface area contributed by atoms with Crippen LogP contribution in [0.15, 0.2) is 24.3 Å². The average molecular weight is 405 g/mol. The summed E-state index contributed by atoms with van der Waals surface area (Å²) in [6, 6.07) is 0. The first kappa shape index (κ1) is 21.2. The number of aliphatic hydroxyl groups excluding tert-OH is 1. The number of Topliss-reactive ketones (excluding diaryl/α,β-unsaturated/α-hetero) is 1. The number of carbonyl (C=O) groups is 1. The van der Waals surface area contributed by atoms with Gasteiger partial charge in [-0.3, -0.25) is 4.79 Å². The van der Waals surface area contributed by atoms with E-state index < -0.39 is 28.8 Å². The number of aliphatic hydroxyl groups is 1. The first-order valence-corrected chi connectivity index (χ1v) is 10.8. The lowest BCUT2D eigenvalue weighted by atomic mass is 9.35. The monoisotopic (exact) mass is 404 g/mol. The van der Waals surface area contributed by atoms with Crippen LogP contribution in [0.4, 0.5) is 0 Å². The molecule has 2 saturated heterocycles. The van der Waals surface area contributed by atoms with Gasteiger partial charge in [-0.15, -0.1) is 0 Å².